The van der Waals surface area contributed by atoms with E-state index < -0.39 is 0 Å². The molecule has 0 amide bonds. The van der Waals surface area contributed by atoms with Gasteiger partial charge in [0.1, 0.15) is 5.82 Å². The van der Waals surface area contributed by atoms with Crippen LogP contribution in [0.2, 0.25) is 0 Å². The van der Waals surface area contributed by atoms with E-state index in [9.17, 15) is 4.39 Å². The van der Waals surface area contributed by atoms with Crippen LogP contribution >= 0.6 is 11.8 Å². The van der Waals surface area contributed by atoms with Crippen LogP contribution in [0.15, 0.2) is 18.2 Å². The van der Waals surface area contributed by atoms with Gasteiger partial charge < -0.3 is 5.32 Å². The third kappa shape index (κ3) is 5.96. The van der Waals surface area contributed by atoms with Crippen LogP contribution in [-0.2, 0) is 0 Å². The van der Waals surface area contributed by atoms with Gasteiger partial charge in [-0.05, 0) is 37.1 Å². The molecule has 0 spiro atoms. The zero-order valence-electron chi connectivity index (χ0n) is 12.7. The van der Waals surface area contributed by atoms with Gasteiger partial charge in [-0.25, -0.2) is 4.39 Å². The van der Waals surface area contributed by atoms with Crippen LogP contribution in [0.25, 0.3) is 0 Å². The summed E-state index contributed by atoms with van der Waals surface area (Å²) in [5.74, 6) is 0.855. The monoisotopic (exact) mass is 283 g/mol. The molecule has 1 N–H and O–H groups in total. The Hall–Kier alpha value is -0.540. The van der Waals surface area contributed by atoms with Crippen molar-refractivity contribution in [2.45, 2.75) is 51.8 Å². The Labute approximate surface area is 121 Å². The van der Waals surface area contributed by atoms with E-state index in [-0.39, 0.29) is 16.6 Å². The van der Waals surface area contributed by atoms with Crippen molar-refractivity contribution >= 4 is 11.8 Å². The van der Waals surface area contributed by atoms with Gasteiger partial charge in [-0.3, -0.25) is 0 Å². The van der Waals surface area contributed by atoms with E-state index in [0.717, 1.165) is 24.3 Å². The topological polar surface area (TPSA) is 12.0 Å². The first-order chi connectivity index (χ1) is 8.83. The van der Waals surface area contributed by atoms with Gasteiger partial charge in [-0.15, -0.1) is 0 Å². The molecule has 0 aliphatic rings. The van der Waals surface area contributed by atoms with E-state index in [1.165, 1.54) is 0 Å². The molecule has 0 fully saturated rings. The molecule has 1 nitrogen and oxygen atoms in total. The Morgan fingerprint density at radius 2 is 2.00 bits per heavy atom. The van der Waals surface area contributed by atoms with E-state index in [1.807, 2.05) is 23.9 Å². The highest BCUT2D eigenvalue weighted by atomic mass is 32.2. The lowest BCUT2D eigenvalue weighted by atomic mass is 10.1. The third-order valence-electron chi connectivity index (χ3n) is 2.92. The minimum Gasteiger partial charge on any atom is -0.309 e. The molecule has 1 atom stereocenters. The van der Waals surface area contributed by atoms with Crippen molar-refractivity contribution < 1.29 is 4.39 Å². The maximum Gasteiger partial charge on any atom is 0.126 e. The number of benzene rings is 1. The first-order valence-corrected chi connectivity index (χ1v) is 7.95. The molecular formula is C16H26FNS. The molecular weight excluding hydrogens is 257 g/mol. The van der Waals surface area contributed by atoms with E-state index in [1.54, 1.807) is 13.0 Å². The van der Waals surface area contributed by atoms with Crippen molar-refractivity contribution in [3.8, 4) is 0 Å². The molecule has 0 bridgehead atoms. The van der Waals surface area contributed by atoms with E-state index >= 15 is 0 Å². The summed E-state index contributed by atoms with van der Waals surface area (Å²) in [6.45, 7) is 11.6. The van der Waals surface area contributed by atoms with Crippen molar-refractivity contribution in [1.82, 2.24) is 5.32 Å². The lowest BCUT2D eigenvalue weighted by molar-refractivity contribution is 0.564. The molecule has 0 saturated heterocycles. The molecule has 0 heterocycles. The number of aryl methyl sites for hydroxylation is 1. The van der Waals surface area contributed by atoms with Crippen LogP contribution in [-0.4, -0.2) is 17.0 Å². The van der Waals surface area contributed by atoms with Crippen LogP contribution in [0.4, 0.5) is 4.39 Å². The summed E-state index contributed by atoms with van der Waals surface area (Å²) >= 11 is 1.91. The molecule has 0 aliphatic carbocycles. The van der Waals surface area contributed by atoms with Gasteiger partial charge in [0.15, 0.2) is 0 Å². The predicted octanol–water partition coefficient (Wildman–Crippen LogP) is 4.71. The van der Waals surface area contributed by atoms with Crippen LogP contribution in [0.3, 0.4) is 0 Å². The standard InChI is InChI=1S/C16H26FNS/c1-6-9-18-15(11-19-16(3,4)5)13-8-7-12(2)14(17)10-13/h7-8,10,15,18H,6,9,11H2,1-5H3. The van der Waals surface area contributed by atoms with Crippen molar-refractivity contribution in [2.75, 3.05) is 12.3 Å². The first kappa shape index (κ1) is 16.5. The molecule has 0 saturated carbocycles. The fourth-order valence-electron chi connectivity index (χ4n) is 1.75. The molecule has 108 valence electrons. The number of hydrogen-bond donors (Lipinski definition) is 1. The zero-order valence-corrected chi connectivity index (χ0v) is 13.5. The maximum atomic E-state index is 13.7. The molecule has 0 aliphatic heterocycles. The fraction of sp³-hybridized carbons (Fsp3) is 0.625. The fourth-order valence-corrected chi connectivity index (χ4v) is 2.73. The van der Waals surface area contributed by atoms with Crippen molar-refractivity contribution in [3.63, 3.8) is 0 Å². The molecule has 1 rings (SSSR count). The quantitative estimate of drug-likeness (QED) is 0.811. The summed E-state index contributed by atoms with van der Waals surface area (Å²) in [5, 5.41) is 3.52. The number of hydrogen-bond acceptors (Lipinski definition) is 2. The Kier molecular flexibility index (Phi) is 6.34. The summed E-state index contributed by atoms with van der Waals surface area (Å²) in [6, 6.07) is 5.80. The summed E-state index contributed by atoms with van der Waals surface area (Å²) in [4.78, 5) is 0. The second kappa shape index (κ2) is 7.30. The number of nitrogens with one attached hydrogen (secondary N) is 1. The van der Waals surface area contributed by atoms with Gasteiger partial charge in [0.25, 0.3) is 0 Å². The van der Waals surface area contributed by atoms with E-state index in [2.05, 4.69) is 33.0 Å². The Bertz CT molecular complexity index is 398. The summed E-state index contributed by atoms with van der Waals surface area (Å²) < 4.78 is 13.9. The van der Waals surface area contributed by atoms with Crippen LogP contribution in [0, 0.1) is 12.7 Å². The number of rotatable bonds is 6. The highest BCUT2D eigenvalue weighted by molar-refractivity contribution is 8.00. The smallest absolute Gasteiger partial charge is 0.126 e. The van der Waals surface area contributed by atoms with Gasteiger partial charge in [0.2, 0.25) is 0 Å². The average molecular weight is 283 g/mol. The van der Waals surface area contributed by atoms with Gasteiger partial charge >= 0.3 is 0 Å². The second-order valence-electron chi connectivity index (χ2n) is 5.94. The average Bonchev–Trinajstić information content (AvgIpc) is 2.32. The first-order valence-electron chi connectivity index (χ1n) is 6.97. The van der Waals surface area contributed by atoms with E-state index in [4.69, 9.17) is 0 Å². The van der Waals surface area contributed by atoms with Gasteiger partial charge in [0.05, 0.1) is 0 Å². The lowest BCUT2D eigenvalue weighted by Crippen LogP contribution is -2.26. The normalized spacial score (nSPS) is 13.6. The largest absolute Gasteiger partial charge is 0.309 e. The zero-order chi connectivity index (χ0) is 14.5. The summed E-state index contributed by atoms with van der Waals surface area (Å²) in [6.07, 6.45) is 1.09. The van der Waals surface area contributed by atoms with Crippen LogP contribution in [0.1, 0.15) is 51.3 Å². The highest BCUT2D eigenvalue weighted by Crippen LogP contribution is 2.29. The minimum atomic E-state index is -0.110. The van der Waals surface area contributed by atoms with Crippen LogP contribution < -0.4 is 5.32 Å². The highest BCUT2D eigenvalue weighted by Gasteiger charge is 2.17. The minimum absolute atomic E-state index is 0.110. The molecule has 0 radical (unpaired) electrons. The molecule has 19 heavy (non-hydrogen) atoms. The number of halogens is 1. The summed E-state index contributed by atoms with van der Waals surface area (Å²) in [5.41, 5.74) is 1.76. The lowest BCUT2D eigenvalue weighted by Gasteiger charge is -2.24. The van der Waals surface area contributed by atoms with Crippen molar-refractivity contribution in [2.24, 2.45) is 0 Å². The van der Waals surface area contributed by atoms with E-state index in [0.29, 0.717) is 5.56 Å². The third-order valence-corrected chi connectivity index (χ3v) is 4.29. The molecule has 1 aromatic carbocycles. The number of thioether (sulfide) groups is 1. The predicted molar refractivity (Wildman–Crippen MR) is 84.4 cm³/mol. The van der Waals surface area contributed by atoms with Crippen molar-refractivity contribution in [3.05, 3.63) is 35.1 Å². The Balaban J connectivity index is 2.79. The Morgan fingerprint density at radius 1 is 1.32 bits per heavy atom. The molecule has 3 heteroatoms. The van der Waals surface area contributed by atoms with Crippen molar-refractivity contribution in [1.29, 1.82) is 0 Å². The van der Waals surface area contributed by atoms with Gasteiger partial charge in [-0.2, -0.15) is 11.8 Å². The van der Waals surface area contributed by atoms with Crippen LogP contribution in [0.5, 0.6) is 0 Å². The van der Waals surface area contributed by atoms with Gasteiger partial charge in [0, 0.05) is 16.5 Å². The molecule has 1 aromatic rings. The SMILES string of the molecule is CCCNC(CSC(C)(C)C)c1ccc(C)c(F)c1. The summed E-state index contributed by atoms with van der Waals surface area (Å²) in [7, 11) is 0. The Morgan fingerprint density at radius 3 is 2.53 bits per heavy atom. The second-order valence-corrected chi connectivity index (χ2v) is 7.79. The molecule has 0 aromatic heterocycles. The van der Waals surface area contributed by atoms with Gasteiger partial charge in [-0.1, -0.05) is 39.8 Å². The molecule has 1 unspecified atom stereocenters. The maximum absolute atomic E-state index is 13.7.